The Bertz CT molecular complexity index is 365. The summed E-state index contributed by atoms with van der Waals surface area (Å²) in [5.74, 6) is 0.980. The average Bonchev–Trinajstić information content (AvgIpc) is 2.99. The monoisotopic (exact) mass is 233 g/mol. The molecule has 2 aliphatic rings. The molecule has 0 aromatic carbocycles. The molecule has 3 rings (SSSR count). The van der Waals surface area contributed by atoms with Crippen LogP contribution in [0, 0.1) is 12.8 Å². The molecule has 0 amide bonds. The molecule has 1 aliphatic carbocycles. The molecule has 3 nitrogen and oxygen atoms in total. The first-order chi connectivity index (χ1) is 8.31. The highest BCUT2D eigenvalue weighted by Crippen LogP contribution is 2.28. The standard InChI is InChI=1S/C14H23N3/c1-12-8-15-17(9-12)14-6-7-16(11-14)10-13-4-2-3-5-13/h8-9,13-14H,2-7,10-11H2,1H3. The first-order valence-corrected chi connectivity index (χ1v) is 7.04. The van der Waals surface area contributed by atoms with Gasteiger partial charge in [-0.05, 0) is 37.7 Å². The lowest BCUT2D eigenvalue weighted by atomic mass is 10.1. The zero-order valence-corrected chi connectivity index (χ0v) is 10.8. The van der Waals surface area contributed by atoms with Crippen molar-refractivity contribution in [1.29, 1.82) is 0 Å². The van der Waals surface area contributed by atoms with Gasteiger partial charge in [0.2, 0.25) is 0 Å². The van der Waals surface area contributed by atoms with Crippen LogP contribution in [0.5, 0.6) is 0 Å². The summed E-state index contributed by atoms with van der Waals surface area (Å²) in [5.41, 5.74) is 1.28. The molecule has 1 aromatic heterocycles. The molecule has 0 N–H and O–H groups in total. The Hall–Kier alpha value is -0.830. The first kappa shape index (κ1) is 11.3. The van der Waals surface area contributed by atoms with Crippen LogP contribution in [0.2, 0.25) is 0 Å². The molecule has 0 bridgehead atoms. The zero-order chi connectivity index (χ0) is 11.7. The predicted octanol–water partition coefficient (Wildman–Crippen LogP) is 2.63. The van der Waals surface area contributed by atoms with Crippen molar-refractivity contribution in [2.75, 3.05) is 19.6 Å². The van der Waals surface area contributed by atoms with Gasteiger partial charge in [0.1, 0.15) is 0 Å². The van der Waals surface area contributed by atoms with Crippen molar-refractivity contribution >= 4 is 0 Å². The average molecular weight is 233 g/mol. The lowest BCUT2D eigenvalue weighted by Crippen LogP contribution is -2.27. The van der Waals surface area contributed by atoms with Gasteiger partial charge in [-0.1, -0.05) is 12.8 Å². The fourth-order valence-corrected chi connectivity index (χ4v) is 3.38. The number of hydrogen-bond acceptors (Lipinski definition) is 2. The Morgan fingerprint density at radius 3 is 2.82 bits per heavy atom. The maximum atomic E-state index is 4.45. The molecule has 17 heavy (non-hydrogen) atoms. The first-order valence-electron chi connectivity index (χ1n) is 7.04. The highest BCUT2D eigenvalue weighted by atomic mass is 15.3. The van der Waals surface area contributed by atoms with Crippen LogP contribution in [-0.2, 0) is 0 Å². The highest BCUT2D eigenvalue weighted by molar-refractivity contribution is 5.01. The minimum atomic E-state index is 0.616. The van der Waals surface area contributed by atoms with E-state index < -0.39 is 0 Å². The smallest absolute Gasteiger partial charge is 0.0658 e. The Morgan fingerprint density at radius 1 is 1.29 bits per heavy atom. The van der Waals surface area contributed by atoms with E-state index >= 15 is 0 Å². The fraction of sp³-hybridized carbons (Fsp3) is 0.786. The summed E-state index contributed by atoms with van der Waals surface area (Å²) >= 11 is 0. The van der Waals surface area contributed by atoms with Crippen LogP contribution in [0.3, 0.4) is 0 Å². The Morgan fingerprint density at radius 2 is 2.12 bits per heavy atom. The number of rotatable bonds is 3. The number of aryl methyl sites for hydroxylation is 1. The third kappa shape index (κ3) is 2.54. The molecular formula is C14H23N3. The Labute approximate surface area is 104 Å². The molecule has 1 aromatic rings. The van der Waals surface area contributed by atoms with Crippen LogP contribution >= 0.6 is 0 Å². The predicted molar refractivity (Wildman–Crippen MR) is 69.0 cm³/mol. The maximum absolute atomic E-state index is 4.45. The third-order valence-electron chi connectivity index (χ3n) is 4.34. The number of nitrogens with zero attached hydrogens (tertiary/aromatic N) is 3. The van der Waals surface area contributed by atoms with E-state index in [0.717, 1.165) is 5.92 Å². The molecule has 2 fully saturated rings. The van der Waals surface area contributed by atoms with Gasteiger partial charge >= 0.3 is 0 Å². The van der Waals surface area contributed by atoms with Crippen LogP contribution in [-0.4, -0.2) is 34.3 Å². The molecule has 2 heterocycles. The zero-order valence-electron chi connectivity index (χ0n) is 10.8. The maximum Gasteiger partial charge on any atom is 0.0658 e. The van der Waals surface area contributed by atoms with Crippen LogP contribution < -0.4 is 0 Å². The number of aromatic nitrogens is 2. The van der Waals surface area contributed by atoms with E-state index in [1.807, 2.05) is 6.20 Å². The van der Waals surface area contributed by atoms with Crippen LogP contribution in [0.4, 0.5) is 0 Å². The van der Waals surface area contributed by atoms with Gasteiger partial charge in [0, 0.05) is 25.8 Å². The van der Waals surface area contributed by atoms with E-state index in [4.69, 9.17) is 0 Å². The molecule has 94 valence electrons. The Balaban J connectivity index is 1.54. The van der Waals surface area contributed by atoms with Gasteiger partial charge in [0.15, 0.2) is 0 Å². The molecule has 0 radical (unpaired) electrons. The van der Waals surface area contributed by atoms with Crippen molar-refractivity contribution in [3.05, 3.63) is 18.0 Å². The van der Waals surface area contributed by atoms with E-state index in [1.54, 1.807) is 0 Å². The van der Waals surface area contributed by atoms with E-state index in [0.29, 0.717) is 6.04 Å². The molecule has 0 spiro atoms. The summed E-state index contributed by atoms with van der Waals surface area (Å²) in [6.45, 7) is 5.92. The Kier molecular flexibility index (Phi) is 3.19. The van der Waals surface area contributed by atoms with Gasteiger partial charge in [0.25, 0.3) is 0 Å². The van der Waals surface area contributed by atoms with Crippen molar-refractivity contribution in [2.45, 2.75) is 45.1 Å². The molecule has 1 unspecified atom stereocenters. The lowest BCUT2D eigenvalue weighted by molar-refractivity contribution is 0.268. The van der Waals surface area contributed by atoms with E-state index in [1.165, 1.54) is 57.3 Å². The summed E-state index contributed by atoms with van der Waals surface area (Å²) in [5, 5.41) is 4.45. The molecule has 1 aliphatic heterocycles. The van der Waals surface area contributed by atoms with Gasteiger partial charge in [-0.25, -0.2) is 0 Å². The van der Waals surface area contributed by atoms with E-state index in [2.05, 4.69) is 27.8 Å². The summed E-state index contributed by atoms with van der Waals surface area (Å²) in [6, 6.07) is 0.616. The van der Waals surface area contributed by atoms with Crippen LogP contribution in [0.15, 0.2) is 12.4 Å². The highest BCUT2D eigenvalue weighted by Gasteiger charge is 2.27. The van der Waals surface area contributed by atoms with Crippen LogP contribution in [0.1, 0.15) is 43.7 Å². The van der Waals surface area contributed by atoms with Crippen LogP contribution in [0.25, 0.3) is 0 Å². The molecule has 1 saturated carbocycles. The summed E-state index contributed by atoms with van der Waals surface area (Å²) < 4.78 is 2.17. The van der Waals surface area contributed by atoms with E-state index in [-0.39, 0.29) is 0 Å². The quantitative estimate of drug-likeness (QED) is 0.800. The second-order valence-electron chi connectivity index (χ2n) is 5.85. The second kappa shape index (κ2) is 4.81. The summed E-state index contributed by atoms with van der Waals surface area (Å²) in [7, 11) is 0. The minimum Gasteiger partial charge on any atom is -0.301 e. The normalized spacial score (nSPS) is 27.0. The molecular weight excluding hydrogens is 210 g/mol. The van der Waals surface area contributed by atoms with Gasteiger partial charge in [-0.2, -0.15) is 5.10 Å². The fourth-order valence-electron chi connectivity index (χ4n) is 3.38. The third-order valence-corrected chi connectivity index (χ3v) is 4.34. The molecule has 3 heteroatoms. The summed E-state index contributed by atoms with van der Waals surface area (Å²) in [6.07, 6.45) is 11.3. The van der Waals surface area contributed by atoms with E-state index in [9.17, 15) is 0 Å². The SMILES string of the molecule is Cc1cnn(C2CCN(CC3CCCC3)C2)c1. The van der Waals surface area contributed by atoms with Gasteiger partial charge < -0.3 is 4.90 Å². The topological polar surface area (TPSA) is 21.1 Å². The van der Waals surface area contributed by atoms with Gasteiger partial charge in [-0.3, -0.25) is 4.68 Å². The second-order valence-corrected chi connectivity index (χ2v) is 5.85. The lowest BCUT2D eigenvalue weighted by Gasteiger charge is -2.20. The molecule has 1 saturated heterocycles. The number of likely N-dealkylation sites (tertiary alicyclic amines) is 1. The van der Waals surface area contributed by atoms with Crippen molar-refractivity contribution < 1.29 is 0 Å². The number of hydrogen-bond donors (Lipinski definition) is 0. The molecule has 1 atom stereocenters. The largest absolute Gasteiger partial charge is 0.301 e. The van der Waals surface area contributed by atoms with Crippen molar-refractivity contribution in [3.63, 3.8) is 0 Å². The van der Waals surface area contributed by atoms with Crippen molar-refractivity contribution in [3.8, 4) is 0 Å². The van der Waals surface area contributed by atoms with Gasteiger partial charge in [0.05, 0.1) is 12.2 Å². The van der Waals surface area contributed by atoms with Crippen molar-refractivity contribution in [1.82, 2.24) is 14.7 Å². The minimum absolute atomic E-state index is 0.616. The van der Waals surface area contributed by atoms with Crippen molar-refractivity contribution in [2.24, 2.45) is 5.92 Å². The summed E-state index contributed by atoms with van der Waals surface area (Å²) in [4.78, 5) is 2.65. The van der Waals surface area contributed by atoms with Gasteiger partial charge in [-0.15, -0.1) is 0 Å².